The third-order valence-electron chi connectivity index (χ3n) is 4.54. The van der Waals surface area contributed by atoms with Gasteiger partial charge in [0.15, 0.2) is 0 Å². The van der Waals surface area contributed by atoms with E-state index >= 15 is 0 Å². The molecule has 3 aromatic rings. The molecule has 0 aliphatic rings. The van der Waals surface area contributed by atoms with Crippen molar-refractivity contribution >= 4 is 22.5 Å². The van der Waals surface area contributed by atoms with E-state index < -0.39 is 6.04 Å². The lowest BCUT2D eigenvalue weighted by Crippen LogP contribution is -2.30. The van der Waals surface area contributed by atoms with E-state index in [-0.39, 0.29) is 16.9 Å². The van der Waals surface area contributed by atoms with E-state index in [1.54, 1.807) is 4.57 Å². The number of aromatic nitrogens is 4. The Morgan fingerprint density at radius 1 is 1.36 bits per heavy atom. The summed E-state index contributed by atoms with van der Waals surface area (Å²) in [4.78, 5) is 25.8. The van der Waals surface area contributed by atoms with Crippen molar-refractivity contribution in [2.75, 3.05) is 17.6 Å². The second-order valence-electron chi connectivity index (χ2n) is 6.50. The van der Waals surface area contributed by atoms with Gasteiger partial charge in [-0.25, -0.2) is 15.0 Å². The minimum atomic E-state index is -0.406. The highest BCUT2D eigenvalue weighted by Gasteiger charge is 2.19. The number of hydrogen-bond acceptors (Lipinski definition) is 8. The highest BCUT2D eigenvalue weighted by molar-refractivity contribution is 5.81. The largest absolute Gasteiger partial charge is 0.382 e. The summed E-state index contributed by atoms with van der Waals surface area (Å²) in [5, 5.41) is 13.1. The molecule has 0 bridgehead atoms. The van der Waals surface area contributed by atoms with Crippen LogP contribution in [-0.4, -0.2) is 26.1 Å². The van der Waals surface area contributed by atoms with Gasteiger partial charge in [0.05, 0.1) is 16.9 Å². The number of nitrogens with zero attached hydrogens (tertiary/aromatic N) is 5. The zero-order chi connectivity index (χ0) is 20.3. The molecule has 0 saturated carbocycles. The number of rotatable bonds is 6. The predicted octanol–water partition coefficient (Wildman–Crippen LogP) is 1.47. The first kappa shape index (κ1) is 19.3. The van der Waals surface area contributed by atoms with Crippen molar-refractivity contribution in [3.8, 4) is 6.07 Å². The van der Waals surface area contributed by atoms with Gasteiger partial charge in [-0.15, -0.1) is 0 Å². The Bertz CT molecular complexity index is 1120. The van der Waals surface area contributed by atoms with Crippen LogP contribution in [0.5, 0.6) is 0 Å². The average Bonchev–Trinajstić information content (AvgIpc) is 2.67. The van der Waals surface area contributed by atoms with Crippen LogP contribution in [-0.2, 0) is 6.54 Å². The van der Waals surface area contributed by atoms with E-state index in [9.17, 15) is 10.1 Å². The summed E-state index contributed by atoms with van der Waals surface area (Å²) in [5.74, 6) is 0.930. The highest BCUT2D eigenvalue weighted by Crippen LogP contribution is 2.23. The molecule has 9 heteroatoms. The van der Waals surface area contributed by atoms with Crippen LogP contribution >= 0.6 is 0 Å². The van der Waals surface area contributed by atoms with E-state index in [1.165, 1.54) is 6.33 Å². The minimum absolute atomic E-state index is 0.0924. The lowest BCUT2D eigenvalue weighted by Gasteiger charge is -2.20. The second kappa shape index (κ2) is 8.02. The molecule has 5 N–H and O–H groups in total. The molecular weight excluding hydrogens is 356 g/mol. The zero-order valence-corrected chi connectivity index (χ0v) is 15.8. The normalized spacial score (nSPS) is 11.9. The van der Waals surface area contributed by atoms with Crippen LogP contribution in [0.4, 0.5) is 11.6 Å². The van der Waals surface area contributed by atoms with Crippen LogP contribution in [0.1, 0.15) is 36.3 Å². The number of benzene rings is 1. The summed E-state index contributed by atoms with van der Waals surface area (Å²) in [6, 6.07) is 7.17. The zero-order valence-electron chi connectivity index (χ0n) is 15.8. The van der Waals surface area contributed by atoms with Gasteiger partial charge in [0.25, 0.3) is 5.56 Å². The van der Waals surface area contributed by atoms with Crippen molar-refractivity contribution in [1.29, 1.82) is 5.26 Å². The third-order valence-corrected chi connectivity index (χ3v) is 4.54. The second-order valence-corrected chi connectivity index (χ2v) is 6.50. The molecule has 0 aliphatic carbocycles. The van der Waals surface area contributed by atoms with Crippen molar-refractivity contribution in [2.24, 2.45) is 5.73 Å². The fourth-order valence-electron chi connectivity index (χ4n) is 3.13. The highest BCUT2D eigenvalue weighted by atomic mass is 16.1. The number of aryl methyl sites for hydroxylation is 1. The first-order chi connectivity index (χ1) is 13.5. The fraction of sp³-hybridized carbons (Fsp3) is 0.316. The van der Waals surface area contributed by atoms with Crippen LogP contribution in [0.15, 0.2) is 29.3 Å². The fourth-order valence-corrected chi connectivity index (χ4v) is 3.13. The third kappa shape index (κ3) is 3.50. The van der Waals surface area contributed by atoms with Crippen molar-refractivity contribution in [2.45, 2.75) is 32.9 Å². The number of anilines is 2. The molecule has 2 heterocycles. The van der Waals surface area contributed by atoms with Crippen LogP contribution < -0.4 is 22.3 Å². The average molecular weight is 378 g/mol. The number of hydrogen-bond donors (Lipinski definition) is 3. The number of nitrogens with two attached hydrogens (primary N) is 2. The minimum Gasteiger partial charge on any atom is -0.382 e. The number of nitrogen functional groups attached to an aromatic ring is 1. The molecule has 1 unspecified atom stereocenters. The van der Waals surface area contributed by atoms with E-state index in [2.05, 4.69) is 15.3 Å². The van der Waals surface area contributed by atoms with Gasteiger partial charge in [-0.2, -0.15) is 5.26 Å². The van der Waals surface area contributed by atoms with Crippen LogP contribution in [0, 0.1) is 18.3 Å². The summed E-state index contributed by atoms with van der Waals surface area (Å²) in [5.41, 5.74) is 13.0. The maximum Gasteiger partial charge on any atom is 0.261 e. The molecule has 1 atom stereocenters. The summed E-state index contributed by atoms with van der Waals surface area (Å²) >= 11 is 0. The SMILES string of the molecule is Cc1cccc2nc(C(C)Nc3ncnc(N)c3C#N)n(CCCN)c(=O)c12. The topological polar surface area (TPSA) is 149 Å². The van der Waals surface area contributed by atoms with Crippen molar-refractivity contribution in [3.63, 3.8) is 0 Å². The molecular formula is C19H22N8O. The number of fused-ring (bicyclic) bond motifs is 1. The quantitative estimate of drug-likeness (QED) is 0.584. The van der Waals surface area contributed by atoms with Gasteiger partial charge in [-0.3, -0.25) is 9.36 Å². The van der Waals surface area contributed by atoms with E-state index in [4.69, 9.17) is 16.5 Å². The van der Waals surface area contributed by atoms with Crippen LogP contribution in [0.2, 0.25) is 0 Å². The molecule has 2 aromatic heterocycles. The van der Waals surface area contributed by atoms with Gasteiger partial charge in [-0.1, -0.05) is 12.1 Å². The maximum absolute atomic E-state index is 13.2. The molecule has 0 saturated heterocycles. The molecule has 0 amide bonds. The molecule has 9 nitrogen and oxygen atoms in total. The summed E-state index contributed by atoms with van der Waals surface area (Å²) < 4.78 is 1.64. The molecule has 144 valence electrons. The first-order valence-corrected chi connectivity index (χ1v) is 8.95. The van der Waals surface area contributed by atoms with Gasteiger partial charge in [0.1, 0.15) is 35.4 Å². The molecule has 0 fully saturated rings. The Balaban J connectivity index is 2.12. The molecule has 1 aromatic carbocycles. The Labute approximate surface area is 162 Å². The summed E-state index contributed by atoms with van der Waals surface area (Å²) in [7, 11) is 0. The predicted molar refractivity (Wildman–Crippen MR) is 108 cm³/mol. The van der Waals surface area contributed by atoms with Crippen LogP contribution in [0.25, 0.3) is 10.9 Å². The molecule has 0 aliphatic heterocycles. The maximum atomic E-state index is 13.2. The van der Waals surface area contributed by atoms with Crippen molar-refractivity contribution in [1.82, 2.24) is 19.5 Å². The van der Waals surface area contributed by atoms with E-state index in [1.807, 2.05) is 38.1 Å². The van der Waals surface area contributed by atoms with E-state index in [0.29, 0.717) is 42.1 Å². The number of nitriles is 1. The van der Waals surface area contributed by atoms with Gasteiger partial charge >= 0.3 is 0 Å². The van der Waals surface area contributed by atoms with Crippen LogP contribution in [0.3, 0.4) is 0 Å². The van der Waals surface area contributed by atoms with Gasteiger partial charge in [0.2, 0.25) is 0 Å². The Morgan fingerprint density at radius 2 is 2.14 bits per heavy atom. The van der Waals surface area contributed by atoms with Gasteiger partial charge < -0.3 is 16.8 Å². The number of nitrogens with one attached hydrogen (secondary N) is 1. The van der Waals surface area contributed by atoms with Gasteiger partial charge in [-0.05, 0) is 38.4 Å². The molecule has 0 radical (unpaired) electrons. The Morgan fingerprint density at radius 3 is 2.86 bits per heavy atom. The standard InChI is InChI=1S/C19H22N8O/c1-11-5-3-6-14-15(11)19(28)27(8-4-7-20)18(26-14)12(2)25-17-13(9-21)16(22)23-10-24-17/h3,5-6,10,12H,4,7-8,20H2,1-2H3,(H3,22,23,24,25). The molecule has 3 rings (SSSR count). The first-order valence-electron chi connectivity index (χ1n) is 8.95. The van der Waals surface area contributed by atoms with Gasteiger partial charge in [0, 0.05) is 6.54 Å². The Hall–Kier alpha value is -3.51. The molecule has 0 spiro atoms. The lowest BCUT2D eigenvalue weighted by molar-refractivity contribution is 0.570. The monoisotopic (exact) mass is 378 g/mol. The summed E-state index contributed by atoms with van der Waals surface area (Å²) in [6.07, 6.45) is 1.92. The molecule has 28 heavy (non-hydrogen) atoms. The summed E-state index contributed by atoms with van der Waals surface area (Å²) in [6.45, 7) is 4.65. The Kier molecular flexibility index (Phi) is 5.52. The van der Waals surface area contributed by atoms with Crippen molar-refractivity contribution < 1.29 is 0 Å². The van der Waals surface area contributed by atoms with E-state index in [0.717, 1.165) is 5.56 Å². The van der Waals surface area contributed by atoms with Crippen molar-refractivity contribution in [3.05, 3.63) is 51.8 Å². The smallest absolute Gasteiger partial charge is 0.261 e. The lowest BCUT2D eigenvalue weighted by atomic mass is 10.1.